The van der Waals surface area contributed by atoms with Crippen molar-refractivity contribution in [3.63, 3.8) is 0 Å². The molecule has 0 bridgehead atoms. The van der Waals surface area contributed by atoms with Gasteiger partial charge >= 0.3 is 15.5 Å². The molecule has 0 spiro atoms. The van der Waals surface area contributed by atoms with Gasteiger partial charge in [-0.05, 0) is 24.3 Å². The molecule has 1 N–H and O–H groups in total. The average molecular weight is 360 g/mol. The first-order chi connectivity index (χ1) is 9.80. The van der Waals surface area contributed by atoms with E-state index in [2.05, 4.69) is 5.32 Å². The number of rotatable bonds is 4. The lowest BCUT2D eigenvalue weighted by Crippen LogP contribution is -2.41. The Kier molecular flexibility index (Phi) is 4.89. The first-order valence-electron chi connectivity index (χ1n) is 5.48. The Balaban J connectivity index is 3.22. The number of benzene rings is 1. The molecule has 12 heteroatoms. The van der Waals surface area contributed by atoms with Gasteiger partial charge in [-0.15, -0.1) is 0 Å². The lowest BCUT2D eigenvalue weighted by Gasteiger charge is -2.18. The molecule has 0 fully saturated rings. The molecule has 7 nitrogen and oxygen atoms in total. The summed E-state index contributed by atoms with van der Waals surface area (Å²) in [5, 5.41) is 2.32. The van der Waals surface area contributed by atoms with Crippen LogP contribution in [0, 0.1) is 0 Å². The topological polar surface area (TPSA) is 101 Å². The number of hydrogen-bond donors (Lipinski definition) is 1. The van der Waals surface area contributed by atoms with Crippen LogP contribution in [-0.4, -0.2) is 39.0 Å². The van der Waals surface area contributed by atoms with Crippen LogP contribution >= 0.6 is 0 Å². The Morgan fingerprint density at radius 2 is 1.55 bits per heavy atom. The SMILES string of the molecule is CC(=O)Nc1ccc(S(=O)(=O)N(C)S(=O)(=O)C(F)(F)F)cc1. The van der Waals surface area contributed by atoms with Gasteiger partial charge in [0.05, 0.1) is 4.90 Å². The number of carbonyl (C=O) groups is 1. The van der Waals surface area contributed by atoms with Crippen LogP contribution < -0.4 is 5.32 Å². The third-order valence-corrected chi connectivity index (χ3v) is 6.43. The number of amides is 1. The van der Waals surface area contributed by atoms with E-state index in [4.69, 9.17) is 0 Å². The first-order valence-corrected chi connectivity index (χ1v) is 8.36. The van der Waals surface area contributed by atoms with E-state index < -0.39 is 40.1 Å². The molecule has 0 aromatic heterocycles. The van der Waals surface area contributed by atoms with E-state index in [1.165, 1.54) is 6.92 Å². The van der Waals surface area contributed by atoms with Gasteiger partial charge < -0.3 is 5.32 Å². The summed E-state index contributed by atoms with van der Waals surface area (Å²) in [7, 11) is -10.7. The van der Waals surface area contributed by atoms with Gasteiger partial charge in [-0.2, -0.15) is 13.2 Å². The van der Waals surface area contributed by atoms with Crippen LogP contribution in [0.25, 0.3) is 0 Å². The third kappa shape index (κ3) is 3.56. The number of alkyl halides is 3. The quantitative estimate of drug-likeness (QED) is 0.867. The lowest BCUT2D eigenvalue weighted by atomic mass is 10.3. The number of nitrogens with zero attached hydrogens (tertiary/aromatic N) is 1. The predicted octanol–water partition coefficient (Wildman–Crippen LogP) is 1.12. The van der Waals surface area contributed by atoms with Crippen molar-refractivity contribution >= 4 is 31.6 Å². The molecule has 0 atom stereocenters. The molecule has 1 aromatic rings. The molecule has 22 heavy (non-hydrogen) atoms. The fraction of sp³-hybridized carbons (Fsp3) is 0.300. The van der Waals surface area contributed by atoms with Crippen molar-refractivity contribution in [1.29, 1.82) is 0 Å². The minimum atomic E-state index is -6.04. The summed E-state index contributed by atoms with van der Waals surface area (Å²) in [6.07, 6.45) is 0. The zero-order valence-corrected chi connectivity index (χ0v) is 12.9. The van der Waals surface area contributed by atoms with Gasteiger partial charge in [0.2, 0.25) is 5.91 Å². The van der Waals surface area contributed by atoms with Crippen molar-refractivity contribution < 1.29 is 34.8 Å². The second kappa shape index (κ2) is 5.85. The fourth-order valence-electron chi connectivity index (χ4n) is 1.34. The summed E-state index contributed by atoms with van der Waals surface area (Å²) in [5.41, 5.74) is -5.54. The number of carbonyl (C=O) groups excluding carboxylic acids is 1. The highest BCUT2D eigenvalue weighted by atomic mass is 32.3. The summed E-state index contributed by atoms with van der Waals surface area (Å²) >= 11 is 0. The summed E-state index contributed by atoms with van der Waals surface area (Å²) in [5.74, 6) is -0.438. The number of nitrogens with one attached hydrogen (secondary N) is 1. The van der Waals surface area contributed by atoms with E-state index in [1.807, 2.05) is 0 Å². The Morgan fingerprint density at radius 3 is 1.91 bits per heavy atom. The molecule has 1 rings (SSSR count). The zero-order chi connectivity index (χ0) is 17.3. The fourth-order valence-corrected chi connectivity index (χ4v) is 3.95. The van der Waals surface area contributed by atoms with Crippen molar-refractivity contribution in [3.05, 3.63) is 24.3 Å². The van der Waals surface area contributed by atoms with Gasteiger partial charge in [0.1, 0.15) is 0 Å². The zero-order valence-electron chi connectivity index (χ0n) is 11.2. The largest absolute Gasteiger partial charge is 0.512 e. The molecule has 0 aliphatic rings. The molecule has 1 aromatic carbocycles. The Hall–Kier alpha value is -1.66. The van der Waals surface area contributed by atoms with Gasteiger partial charge in [0.15, 0.2) is 0 Å². The Labute approximate surface area is 124 Å². The molecule has 0 saturated carbocycles. The van der Waals surface area contributed by atoms with E-state index in [0.717, 1.165) is 24.3 Å². The standard InChI is InChI=1S/C10H11F3N2O5S2/c1-7(16)14-8-3-5-9(6-4-8)21(17,18)15(2)22(19,20)10(11,12)13/h3-6H,1-2H3,(H,14,16). The average Bonchev–Trinajstić information content (AvgIpc) is 2.36. The molecule has 0 radical (unpaired) electrons. The van der Waals surface area contributed by atoms with Gasteiger partial charge in [-0.3, -0.25) is 4.79 Å². The highest BCUT2D eigenvalue weighted by Crippen LogP contribution is 2.30. The maximum Gasteiger partial charge on any atom is 0.512 e. The van der Waals surface area contributed by atoms with Crippen molar-refractivity contribution in [2.24, 2.45) is 0 Å². The van der Waals surface area contributed by atoms with E-state index in [9.17, 15) is 34.8 Å². The highest BCUT2D eigenvalue weighted by molar-refractivity contribution is 8.04. The Bertz CT molecular complexity index is 770. The molecule has 1 amide bonds. The highest BCUT2D eigenvalue weighted by Gasteiger charge is 2.52. The summed E-state index contributed by atoms with van der Waals surface area (Å²) in [6.45, 7) is 1.20. The summed E-state index contributed by atoms with van der Waals surface area (Å²) in [6, 6.07) is 3.98. The summed E-state index contributed by atoms with van der Waals surface area (Å²) in [4.78, 5) is 10.1. The molecular formula is C10H11F3N2O5S2. The van der Waals surface area contributed by atoms with Crippen molar-refractivity contribution in [2.45, 2.75) is 17.3 Å². The molecule has 124 valence electrons. The van der Waals surface area contributed by atoms with Crippen LogP contribution in [0.4, 0.5) is 18.9 Å². The number of sulfonamides is 2. The molecular weight excluding hydrogens is 349 g/mol. The smallest absolute Gasteiger partial charge is 0.326 e. The van der Waals surface area contributed by atoms with Crippen molar-refractivity contribution in [3.8, 4) is 0 Å². The van der Waals surface area contributed by atoms with Crippen LogP contribution in [0.15, 0.2) is 29.2 Å². The van der Waals surface area contributed by atoms with E-state index in [0.29, 0.717) is 7.05 Å². The minimum Gasteiger partial charge on any atom is -0.326 e. The lowest BCUT2D eigenvalue weighted by molar-refractivity contribution is -0.114. The number of anilines is 1. The summed E-state index contributed by atoms with van der Waals surface area (Å²) < 4.78 is 82.6. The second-order valence-electron chi connectivity index (χ2n) is 4.04. The van der Waals surface area contributed by atoms with E-state index in [-0.39, 0.29) is 5.69 Å². The van der Waals surface area contributed by atoms with Crippen LogP contribution in [0.1, 0.15) is 6.92 Å². The van der Waals surface area contributed by atoms with E-state index >= 15 is 0 Å². The van der Waals surface area contributed by atoms with Gasteiger partial charge in [0.25, 0.3) is 10.0 Å². The van der Waals surface area contributed by atoms with Gasteiger partial charge in [0, 0.05) is 19.7 Å². The van der Waals surface area contributed by atoms with Gasteiger partial charge in [-0.1, -0.05) is 3.71 Å². The van der Waals surface area contributed by atoms with Crippen LogP contribution in [0.2, 0.25) is 0 Å². The number of halogens is 3. The molecule has 0 aliphatic carbocycles. The van der Waals surface area contributed by atoms with E-state index in [1.54, 1.807) is 0 Å². The monoisotopic (exact) mass is 360 g/mol. The maximum atomic E-state index is 12.4. The second-order valence-corrected chi connectivity index (χ2v) is 8.20. The van der Waals surface area contributed by atoms with Crippen LogP contribution in [0.3, 0.4) is 0 Å². The molecule has 0 unspecified atom stereocenters. The van der Waals surface area contributed by atoms with Crippen LogP contribution in [0.5, 0.6) is 0 Å². The van der Waals surface area contributed by atoms with Crippen molar-refractivity contribution in [1.82, 2.24) is 3.71 Å². The minimum absolute atomic E-state index is 0.202. The Morgan fingerprint density at radius 1 is 1.09 bits per heavy atom. The maximum absolute atomic E-state index is 12.4. The third-order valence-electron chi connectivity index (χ3n) is 2.44. The first kappa shape index (κ1) is 18.4. The molecule has 0 heterocycles. The van der Waals surface area contributed by atoms with Gasteiger partial charge in [-0.25, -0.2) is 16.8 Å². The number of hydrogen-bond acceptors (Lipinski definition) is 5. The predicted molar refractivity (Wildman–Crippen MR) is 70.7 cm³/mol. The normalized spacial score (nSPS) is 13.2. The molecule has 0 saturated heterocycles. The molecule has 0 aliphatic heterocycles. The van der Waals surface area contributed by atoms with Crippen LogP contribution in [-0.2, 0) is 24.8 Å². The van der Waals surface area contributed by atoms with Crippen molar-refractivity contribution in [2.75, 3.05) is 12.4 Å².